The molecule has 2 N–H and O–H groups in total. The van der Waals surface area contributed by atoms with Crippen molar-refractivity contribution in [3.63, 3.8) is 0 Å². The van der Waals surface area contributed by atoms with E-state index in [1.807, 2.05) is 30.3 Å². The number of nitrogen functional groups attached to an aromatic ring is 1. The highest BCUT2D eigenvalue weighted by Crippen LogP contribution is 2.24. The van der Waals surface area contributed by atoms with Gasteiger partial charge in [-0.3, -0.25) is 4.98 Å². The van der Waals surface area contributed by atoms with Gasteiger partial charge in [0.2, 0.25) is 0 Å². The zero-order chi connectivity index (χ0) is 9.97. The summed E-state index contributed by atoms with van der Waals surface area (Å²) >= 11 is 3.39. The fourth-order valence-electron chi connectivity index (χ4n) is 1.23. The summed E-state index contributed by atoms with van der Waals surface area (Å²) in [7, 11) is 0. The maximum atomic E-state index is 5.73. The van der Waals surface area contributed by atoms with Gasteiger partial charge in [0.05, 0.1) is 5.69 Å². The second-order valence-electron chi connectivity index (χ2n) is 2.90. The van der Waals surface area contributed by atoms with Gasteiger partial charge in [0.15, 0.2) is 0 Å². The molecular formula is C11H8BrN2. The van der Waals surface area contributed by atoms with E-state index in [4.69, 9.17) is 5.73 Å². The zero-order valence-corrected chi connectivity index (χ0v) is 8.95. The molecule has 69 valence electrons. The van der Waals surface area contributed by atoms with Crippen LogP contribution in [0.1, 0.15) is 0 Å². The molecule has 0 fully saturated rings. The van der Waals surface area contributed by atoms with E-state index in [2.05, 4.69) is 27.0 Å². The smallest absolute Gasteiger partial charge is 0.0782 e. The Morgan fingerprint density at radius 1 is 1.29 bits per heavy atom. The van der Waals surface area contributed by atoms with E-state index in [0.717, 1.165) is 15.7 Å². The summed E-state index contributed by atoms with van der Waals surface area (Å²) in [5.74, 6) is 0. The molecule has 3 heteroatoms. The quantitative estimate of drug-likeness (QED) is 0.788. The van der Waals surface area contributed by atoms with Gasteiger partial charge < -0.3 is 5.73 Å². The Hall–Kier alpha value is -1.35. The summed E-state index contributed by atoms with van der Waals surface area (Å²) < 4.78 is 0.951. The van der Waals surface area contributed by atoms with Crippen LogP contribution in [0, 0.1) is 6.07 Å². The van der Waals surface area contributed by atoms with Crippen LogP contribution in [-0.2, 0) is 0 Å². The number of hydrogen-bond acceptors (Lipinski definition) is 2. The van der Waals surface area contributed by atoms with E-state index in [1.165, 1.54) is 0 Å². The average Bonchev–Trinajstić information content (AvgIpc) is 2.18. The van der Waals surface area contributed by atoms with Crippen molar-refractivity contribution in [3.8, 4) is 11.3 Å². The van der Waals surface area contributed by atoms with E-state index in [-0.39, 0.29) is 0 Å². The number of halogens is 1. The Balaban J connectivity index is 2.52. The Bertz CT molecular complexity index is 420. The standard InChI is InChI=1S/C11H8BrN2/c12-9-5-8(6-10(13)7-9)11-3-1-2-4-14-11/h1-2,4-7H,13H2. The number of aromatic nitrogens is 1. The second-order valence-corrected chi connectivity index (χ2v) is 3.82. The lowest BCUT2D eigenvalue weighted by Gasteiger charge is -2.02. The first-order valence-electron chi connectivity index (χ1n) is 4.15. The summed E-state index contributed by atoms with van der Waals surface area (Å²) in [6.07, 6.45) is 1.74. The maximum absolute atomic E-state index is 5.73. The molecule has 2 rings (SSSR count). The van der Waals surface area contributed by atoms with Crippen molar-refractivity contribution in [1.29, 1.82) is 0 Å². The lowest BCUT2D eigenvalue weighted by molar-refractivity contribution is 1.32. The molecule has 1 aromatic carbocycles. The molecule has 0 aliphatic heterocycles. The molecule has 0 atom stereocenters. The first kappa shape index (κ1) is 9.21. The van der Waals surface area contributed by atoms with Gasteiger partial charge in [-0.15, -0.1) is 0 Å². The third-order valence-electron chi connectivity index (χ3n) is 1.80. The van der Waals surface area contributed by atoms with E-state index in [1.54, 1.807) is 6.20 Å². The highest BCUT2D eigenvalue weighted by atomic mass is 79.9. The summed E-state index contributed by atoms with van der Waals surface area (Å²) in [5.41, 5.74) is 8.22. The number of benzene rings is 1. The summed E-state index contributed by atoms with van der Waals surface area (Å²) in [6, 6.07) is 12.4. The molecule has 2 aromatic rings. The van der Waals surface area contributed by atoms with Crippen LogP contribution in [-0.4, -0.2) is 4.98 Å². The SMILES string of the molecule is Nc1cc(Br)cc(-c2[c]cccn2)c1. The molecule has 1 heterocycles. The third-order valence-corrected chi connectivity index (χ3v) is 2.26. The topological polar surface area (TPSA) is 38.9 Å². The molecule has 14 heavy (non-hydrogen) atoms. The van der Waals surface area contributed by atoms with Gasteiger partial charge in [-0.25, -0.2) is 0 Å². The first-order chi connectivity index (χ1) is 6.75. The molecule has 0 saturated carbocycles. The molecule has 0 aliphatic carbocycles. The fraction of sp³-hybridized carbons (Fsp3) is 0. The van der Waals surface area contributed by atoms with Crippen LogP contribution in [0.25, 0.3) is 11.3 Å². The van der Waals surface area contributed by atoms with Crippen molar-refractivity contribution in [3.05, 3.63) is 47.1 Å². The van der Waals surface area contributed by atoms with E-state index in [9.17, 15) is 0 Å². The van der Waals surface area contributed by atoms with E-state index in [0.29, 0.717) is 5.69 Å². The molecule has 0 aliphatic rings. The monoisotopic (exact) mass is 247 g/mol. The lowest BCUT2D eigenvalue weighted by Crippen LogP contribution is -1.87. The summed E-state index contributed by atoms with van der Waals surface area (Å²) in [4.78, 5) is 4.20. The zero-order valence-electron chi connectivity index (χ0n) is 7.37. The highest BCUT2D eigenvalue weighted by molar-refractivity contribution is 9.10. The minimum Gasteiger partial charge on any atom is -0.399 e. The van der Waals surface area contributed by atoms with Crippen molar-refractivity contribution in [2.24, 2.45) is 0 Å². The highest BCUT2D eigenvalue weighted by Gasteiger charge is 2.00. The Morgan fingerprint density at radius 2 is 2.14 bits per heavy atom. The van der Waals surface area contributed by atoms with Crippen LogP contribution in [0.4, 0.5) is 5.69 Å². The van der Waals surface area contributed by atoms with Crippen molar-refractivity contribution in [2.45, 2.75) is 0 Å². The molecule has 0 amide bonds. The van der Waals surface area contributed by atoms with Crippen molar-refractivity contribution in [1.82, 2.24) is 4.98 Å². The third kappa shape index (κ3) is 1.93. The van der Waals surface area contributed by atoms with Crippen molar-refractivity contribution >= 4 is 21.6 Å². The predicted octanol–water partition coefficient (Wildman–Crippen LogP) is 2.89. The number of rotatable bonds is 1. The van der Waals surface area contributed by atoms with Gasteiger partial charge in [0.1, 0.15) is 0 Å². The summed E-state index contributed by atoms with van der Waals surface area (Å²) in [5, 5.41) is 0. The fourth-order valence-corrected chi connectivity index (χ4v) is 1.74. The molecule has 2 nitrogen and oxygen atoms in total. The minimum absolute atomic E-state index is 0.716. The predicted molar refractivity (Wildman–Crippen MR) is 60.6 cm³/mol. The van der Waals surface area contributed by atoms with E-state index >= 15 is 0 Å². The van der Waals surface area contributed by atoms with Crippen molar-refractivity contribution in [2.75, 3.05) is 5.73 Å². The molecule has 1 aromatic heterocycles. The largest absolute Gasteiger partial charge is 0.399 e. The van der Waals surface area contributed by atoms with Gasteiger partial charge in [-0.1, -0.05) is 22.0 Å². The van der Waals surface area contributed by atoms with Crippen molar-refractivity contribution < 1.29 is 0 Å². The molecule has 0 spiro atoms. The Labute approximate surface area is 90.9 Å². The van der Waals surface area contributed by atoms with Crippen LogP contribution in [0.15, 0.2) is 41.0 Å². The lowest BCUT2D eigenvalue weighted by atomic mass is 10.1. The van der Waals surface area contributed by atoms with Crippen LogP contribution >= 0.6 is 15.9 Å². The number of pyridine rings is 1. The minimum atomic E-state index is 0.716. The van der Waals surface area contributed by atoms with Gasteiger partial charge in [0.25, 0.3) is 0 Å². The normalized spacial score (nSPS) is 10.1. The van der Waals surface area contributed by atoms with Gasteiger partial charge in [-0.2, -0.15) is 0 Å². The number of nitrogens with two attached hydrogens (primary N) is 1. The molecule has 0 bridgehead atoms. The average molecular weight is 248 g/mol. The number of hydrogen-bond donors (Lipinski definition) is 1. The second kappa shape index (κ2) is 3.80. The van der Waals surface area contributed by atoms with Gasteiger partial charge in [-0.05, 0) is 24.3 Å². The van der Waals surface area contributed by atoms with Gasteiger partial charge >= 0.3 is 0 Å². The van der Waals surface area contributed by atoms with Crippen LogP contribution < -0.4 is 5.73 Å². The maximum Gasteiger partial charge on any atom is 0.0782 e. The molecule has 1 radical (unpaired) electrons. The van der Waals surface area contributed by atoms with Crippen LogP contribution in [0.2, 0.25) is 0 Å². The van der Waals surface area contributed by atoms with Gasteiger partial charge in [0, 0.05) is 28.0 Å². The number of nitrogens with zero attached hydrogens (tertiary/aromatic N) is 1. The molecule has 0 unspecified atom stereocenters. The van der Waals surface area contributed by atoms with Crippen LogP contribution in [0.5, 0.6) is 0 Å². The molecular weight excluding hydrogens is 240 g/mol. The first-order valence-corrected chi connectivity index (χ1v) is 4.94. The van der Waals surface area contributed by atoms with Crippen LogP contribution in [0.3, 0.4) is 0 Å². The van der Waals surface area contributed by atoms with E-state index < -0.39 is 0 Å². The Morgan fingerprint density at radius 3 is 2.79 bits per heavy atom. The summed E-state index contributed by atoms with van der Waals surface area (Å²) in [6.45, 7) is 0. The Kier molecular flexibility index (Phi) is 2.50. The number of anilines is 1. The molecule has 0 saturated heterocycles.